The van der Waals surface area contributed by atoms with E-state index in [-0.39, 0.29) is 11.8 Å². The first-order chi connectivity index (χ1) is 8.35. The van der Waals surface area contributed by atoms with Crippen LogP contribution in [0.5, 0.6) is 0 Å². The molecule has 0 fully saturated rings. The van der Waals surface area contributed by atoms with Crippen LogP contribution in [0, 0.1) is 0 Å². The highest BCUT2D eigenvalue weighted by Crippen LogP contribution is 2.35. The lowest BCUT2D eigenvalue weighted by molar-refractivity contribution is 0.594. The molecule has 1 atom stereocenters. The molecule has 2 N–H and O–H groups in total. The lowest BCUT2D eigenvalue weighted by Gasteiger charge is -2.28. The number of nitrogens with one attached hydrogen (secondary N) is 2. The molecule has 1 heterocycles. The Labute approximate surface area is 117 Å². The van der Waals surface area contributed by atoms with Crippen LogP contribution < -0.4 is 10.6 Å². The highest BCUT2D eigenvalue weighted by atomic mass is 35.5. The maximum Gasteiger partial charge on any atom is 0.147 e. The summed E-state index contributed by atoms with van der Waals surface area (Å²) >= 11 is 11.9. The Kier molecular flexibility index (Phi) is 3.94. The fourth-order valence-electron chi connectivity index (χ4n) is 1.85. The molecule has 0 aliphatic carbocycles. The van der Waals surface area contributed by atoms with Crippen molar-refractivity contribution in [2.24, 2.45) is 0 Å². The van der Waals surface area contributed by atoms with E-state index in [1.165, 1.54) is 6.26 Å². The van der Waals surface area contributed by atoms with E-state index in [0.717, 1.165) is 11.4 Å². The third-order valence-corrected chi connectivity index (χ3v) is 4.50. The summed E-state index contributed by atoms with van der Waals surface area (Å²) in [6.45, 7) is 0.667. The van der Waals surface area contributed by atoms with Gasteiger partial charge < -0.3 is 10.6 Å². The van der Waals surface area contributed by atoms with Gasteiger partial charge in [0.05, 0.1) is 27.2 Å². The van der Waals surface area contributed by atoms with Gasteiger partial charge in [0.2, 0.25) is 0 Å². The summed E-state index contributed by atoms with van der Waals surface area (Å²) in [5.41, 5.74) is 1.74. The first-order valence-electron chi connectivity index (χ1n) is 5.52. The molecule has 0 aromatic heterocycles. The normalized spacial score (nSPS) is 18.7. The molecule has 0 spiro atoms. The minimum atomic E-state index is -2.93. The SMILES string of the molecule is CS(=O)(=O)CCC1CNc2cc(Cl)c(Cl)cc2N1. The topological polar surface area (TPSA) is 58.2 Å². The second-order valence-electron chi connectivity index (χ2n) is 4.45. The molecule has 100 valence electrons. The van der Waals surface area contributed by atoms with Crippen LogP contribution in [0.3, 0.4) is 0 Å². The van der Waals surface area contributed by atoms with Crippen molar-refractivity contribution in [1.29, 1.82) is 0 Å². The van der Waals surface area contributed by atoms with Crippen molar-refractivity contribution in [2.75, 3.05) is 29.2 Å². The van der Waals surface area contributed by atoms with E-state index < -0.39 is 9.84 Å². The van der Waals surface area contributed by atoms with Gasteiger partial charge in [0.15, 0.2) is 0 Å². The number of halogens is 2. The maximum absolute atomic E-state index is 11.1. The summed E-state index contributed by atoms with van der Waals surface area (Å²) in [7, 11) is -2.93. The summed E-state index contributed by atoms with van der Waals surface area (Å²) in [5.74, 6) is 0.170. The monoisotopic (exact) mass is 308 g/mol. The van der Waals surface area contributed by atoms with Crippen LogP contribution in [0.1, 0.15) is 6.42 Å². The minimum absolute atomic E-state index is 0.0736. The zero-order valence-corrected chi connectivity index (χ0v) is 12.2. The second-order valence-corrected chi connectivity index (χ2v) is 7.53. The molecule has 0 saturated heterocycles. The molecule has 7 heteroatoms. The molecular weight excluding hydrogens is 295 g/mol. The Morgan fingerprint density at radius 3 is 2.50 bits per heavy atom. The van der Waals surface area contributed by atoms with E-state index in [4.69, 9.17) is 23.2 Å². The van der Waals surface area contributed by atoms with Crippen LogP contribution in [-0.2, 0) is 9.84 Å². The lowest BCUT2D eigenvalue weighted by atomic mass is 10.1. The van der Waals surface area contributed by atoms with Crippen LogP contribution in [0.25, 0.3) is 0 Å². The van der Waals surface area contributed by atoms with Crippen molar-refractivity contribution in [3.63, 3.8) is 0 Å². The van der Waals surface area contributed by atoms with Gasteiger partial charge in [-0.3, -0.25) is 0 Å². The Balaban J connectivity index is 2.08. The molecule has 18 heavy (non-hydrogen) atoms. The summed E-state index contributed by atoms with van der Waals surface area (Å²) in [6.07, 6.45) is 1.80. The largest absolute Gasteiger partial charge is 0.381 e. The first-order valence-corrected chi connectivity index (χ1v) is 8.34. The van der Waals surface area contributed by atoms with E-state index in [2.05, 4.69) is 10.6 Å². The molecular formula is C11H14Cl2N2O2S. The van der Waals surface area contributed by atoms with Gasteiger partial charge >= 0.3 is 0 Å². The summed E-state index contributed by atoms with van der Waals surface area (Å²) in [6, 6.07) is 3.59. The number of fused-ring (bicyclic) bond motifs is 1. The van der Waals surface area contributed by atoms with Crippen LogP contribution in [0.2, 0.25) is 10.0 Å². The van der Waals surface area contributed by atoms with Crippen LogP contribution >= 0.6 is 23.2 Å². The summed E-state index contributed by atoms with van der Waals surface area (Å²) < 4.78 is 22.3. The van der Waals surface area contributed by atoms with Gasteiger partial charge in [0.1, 0.15) is 9.84 Å². The standard InChI is InChI=1S/C11H14Cl2N2O2S/c1-18(16,17)3-2-7-6-14-10-4-8(12)9(13)5-11(10)15-7/h4-5,7,14-15H,2-3,6H2,1H3. The Morgan fingerprint density at radius 1 is 1.28 bits per heavy atom. The van der Waals surface area contributed by atoms with Crippen LogP contribution in [-0.4, -0.2) is 33.0 Å². The number of hydrogen-bond donors (Lipinski definition) is 2. The first kappa shape index (κ1) is 13.8. The molecule has 0 amide bonds. The Bertz CT molecular complexity index is 560. The average molecular weight is 309 g/mol. The van der Waals surface area contributed by atoms with Crippen LogP contribution in [0.15, 0.2) is 12.1 Å². The molecule has 2 rings (SSSR count). The quantitative estimate of drug-likeness (QED) is 0.901. The highest BCUT2D eigenvalue weighted by Gasteiger charge is 2.19. The van der Waals surface area contributed by atoms with E-state index in [9.17, 15) is 8.42 Å². The zero-order valence-electron chi connectivity index (χ0n) is 9.83. The zero-order chi connectivity index (χ0) is 13.3. The average Bonchev–Trinajstić information content (AvgIpc) is 2.27. The molecule has 4 nitrogen and oxygen atoms in total. The van der Waals surface area contributed by atoms with Crippen molar-refractivity contribution in [3.8, 4) is 0 Å². The van der Waals surface area contributed by atoms with Crippen molar-refractivity contribution < 1.29 is 8.42 Å². The van der Waals surface area contributed by atoms with Crippen molar-refractivity contribution in [2.45, 2.75) is 12.5 Å². The number of benzene rings is 1. The van der Waals surface area contributed by atoms with Gasteiger partial charge in [-0.05, 0) is 18.6 Å². The van der Waals surface area contributed by atoms with Crippen molar-refractivity contribution >= 4 is 44.4 Å². The van der Waals surface area contributed by atoms with Crippen LogP contribution in [0.4, 0.5) is 11.4 Å². The van der Waals surface area contributed by atoms with Gasteiger partial charge in [-0.25, -0.2) is 8.42 Å². The highest BCUT2D eigenvalue weighted by molar-refractivity contribution is 7.90. The fourth-order valence-corrected chi connectivity index (χ4v) is 2.89. The molecule has 1 aromatic rings. The predicted octanol–water partition coefficient (Wildman–Crippen LogP) is 2.63. The third-order valence-electron chi connectivity index (χ3n) is 2.80. The molecule has 0 bridgehead atoms. The summed E-state index contributed by atoms with van der Waals surface area (Å²) in [5, 5.41) is 7.46. The van der Waals surface area contributed by atoms with Gasteiger partial charge in [-0.2, -0.15) is 0 Å². The van der Waals surface area contributed by atoms with E-state index in [1.807, 2.05) is 0 Å². The predicted molar refractivity (Wildman–Crippen MR) is 76.7 cm³/mol. The molecule has 0 radical (unpaired) electrons. The lowest BCUT2D eigenvalue weighted by Crippen LogP contribution is -2.34. The van der Waals surface area contributed by atoms with Gasteiger partial charge in [-0.1, -0.05) is 23.2 Å². The van der Waals surface area contributed by atoms with E-state index in [0.29, 0.717) is 23.0 Å². The van der Waals surface area contributed by atoms with E-state index in [1.54, 1.807) is 12.1 Å². The van der Waals surface area contributed by atoms with Crippen molar-refractivity contribution in [3.05, 3.63) is 22.2 Å². The summed E-state index contributed by atoms with van der Waals surface area (Å²) in [4.78, 5) is 0. The molecule has 1 unspecified atom stereocenters. The fraction of sp³-hybridized carbons (Fsp3) is 0.455. The smallest absolute Gasteiger partial charge is 0.147 e. The molecule has 1 aromatic carbocycles. The molecule has 0 saturated carbocycles. The number of sulfone groups is 1. The maximum atomic E-state index is 11.1. The number of anilines is 2. The van der Waals surface area contributed by atoms with Gasteiger partial charge in [0, 0.05) is 18.8 Å². The van der Waals surface area contributed by atoms with Gasteiger partial charge in [-0.15, -0.1) is 0 Å². The molecule has 1 aliphatic rings. The third kappa shape index (κ3) is 3.43. The van der Waals surface area contributed by atoms with E-state index >= 15 is 0 Å². The number of hydrogen-bond acceptors (Lipinski definition) is 4. The van der Waals surface area contributed by atoms with Crippen molar-refractivity contribution in [1.82, 2.24) is 0 Å². The van der Waals surface area contributed by atoms with Gasteiger partial charge in [0.25, 0.3) is 0 Å². The minimum Gasteiger partial charge on any atom is -0.381 e. The Hall–Kier alpha value is -0.650. The Morgan fingerprint density at radius 2 is 1.89 bits per heavy atom. The second kappa shape index (κ2) is 5.15. The molecule has 1 aliphatic heterocycles. The number of rotatable bonds is 3.